The summed E-state index contributed by atoms with van der Waals surface area (Å²) in [7, 11) is -3.38. The van der Waals surface area contributed by atoms with E-state index in [4.69, 9.17) is 0 Å². The van der Waals surface area contributed by atoms with E-state index in [1.165, 1.54) is 32.1 Å². The molecule has 2 fully saturated rings. The molecule has 4 nitrogen and oxygen atoms in total. The second kappa shape index (κ2) is 6.27. The highest BCUT2D eigenvalue weighted by molar-refractivity contribution is 7.93. The monoisotopic (exact) mass is 315 g/mol. The van der Waals surface area contributed by atoms with Gasteiger partial charge in [-0.2, -0.15) is 0 Å². The van der Waals surface area contributed by atoms with Crippen LogP contribution in [0, 0.1) is 11.8 Å². The van der Waals surface area contributed by atoms with Gasteiger partial charge in [-0.1, -0.05) is 25.7 Å². The van der Waals surface area contributed by atoms with Crippen LogP contribution in [0.3, 0.4) is 0 Å². The van der Waals surface area contributed by atoms with E-state index in [-0.39, 0.29) is 17.7 Å². The molecule has 0 bridgehead atoms. The molecule has 0 spiro atoms. The van der Waals surface area contributed by atoms with Crippen molar-refractivity contribution in [3.63, 3.8) is 0 Å². The molecule has 1 amide bonds. The standard InChI is InChI=1S/C16H29NO3S/c1-16(2,3)21(19,20)11-15(18)17-14-9-8-12-6-4-5-7-13(12)10-14/h12-14H,4-11H2,1-3H3,(H,17,18). The fourth-order valence-electron chi connectivity index (χ4n) is 3.66. The Balaban J connectivity index is 1.86. The summed E-state index contributed by atoms with van der Waals surface area (Å²) in [6.45, 7) is 4.93. The SMILES string of the molecule is CC(C)(C)S(=O)(=O)CC(=O)NC1CCC2CCCCC2C1. The maximum absolute atomic E-state index is 12.1. The van der Waals surface area contributed by atoms with Crippen LogP contribution in [0.15, 0.2) is 0 Å². The van der Waals surface area contributed by atoms with Gasteiger partial charge in [0.25, 0.3) is 0 Å². The van der Waals surface area contributed by atoms with Crippen molar-refractivity contribution in [3.05, 3.63) is 0 Å². The third-order valence-electron chi connectivity index (χ3n) is 5.16. The Bertz CT molecular complexity index is 478. The maximum atomic E-state index is 12.1. The van der Waals surface area contributed by atoms with Crippen molar-refractivity contribution >= 4 is 15.7 Å². The van der Waals surface area contributed by atoms with E-state index in [1.54, 1.807) is 20.8 Å². The van der Waals surface area contributed by atoms with Crippen LogP contribution in [0.4, 0.5) is 0 Å². The Hall–Kier alpha value is -0.580. The minimum Gasteiger partial charge on any atom is -0.352 e. The molecule has 0 heterocycles. The first-order chi connectivity index (χ1) is 9.69. The van der Waals surface area contributed by atoms with Gasteiger partial charge >= 0.3 is 0 Å². The Morgan fingerprint density at radius 1 is 1.05 bits per heavy atom. The molecule has 0 aromatic heterocycles. The third kappa shape index (κ3) is 4.21. The van der Waals surface area contributed by atoms with Crippen molar-refractivity contribution < 1.29 is 13.2 Å². The molecular formula is C16H29NO3S. The van der Waals surface area contributed by atoms with Crippen LogP contribution in [0.1, 0.15) is 65.7 Å². The van der Waals surface area contributed by atoms with E-state index in [1.807, 2.05) is 0 Å². The fourth-order valence-corrected chi connectivity index (χ4v) is 4.52. The molecule has 0 aromatic carbocycles. The highest BCUT2D eigenvalue weighted by Crippen LogP contribution is 2.40. The zero-order chi connectivity index (χ0) is 15.7. The van der Waals surface area contributed by atoms with Crippen LogP contribution in [0.5, 0.6) is 0 Å². The highest BCUT2D eigenvalue weighted by Gasteiger charge is 2.35. The molecular weight excluding hydrogens is 286 g/mol. The van der Waals surface area contributed by atoms with Gasteiger partial charge in [0, 0.05) is 6.04 Å². The predicted octanol–water partition coefficient (Wildman–Crippen LogP) is 2.67. The number of amides is 1. The number of carbonyl (C=O) groups excluding carboxylic acids is 1. The largest absolute Gasteiger partial charge is 0.352 e. The van der Waals surface area contributed by atoms with Crippen LogP contribution < -0.4 is 5.32 Å². The van der Waals surface area contributed by atoms with Crippen molar-refractivity contribution in [3.8, 4) is 0 Å². The van der Waals surface area contributed by atoms with Crippen LogP contribution in [-0.4, -0.2) is 30.9 Å². The second-order valence-corrected chi connectivity index (χ2v) is 10.5. The lowest BCUT2D eigenvalue weighted by Gasteiger charge is -2.39. The van der Waals surface area contributed by atoms with Crippen molar-refractivity contribution in [1.82, 2.24) is 5.32 Å². The van der Waals surface area contributed by atoms with Gasteiger partial charge in [0.2, 0.25) is 5.91 Å². The minimum absolute atomic E-state index is 0.173. The predicted molar refractivity (Wildman–Crippen MR) is 84.8 cm³/mol. The van der Waals surface area contributed by atoms with E-state index in [2.05, 4.69) is 5.32 Å². The number of hydrogen-bond acceptors (Lipinski definition) is 3. The Labute approximate surface area is 129 Å². The third-order valence-corrected chi connectivity index (χ3v) is 7.67. The normalized spacial score (nSPS) is 30.5. The molecule has 1 N–H and O–H groups in total. The first kappa shape index (κ1) is 16.8. The molecule has 3 unspecified atom stereocenters. The summed E-state index contributed by atoms with van der Waals surface area (Å²) in [6, 6.07) is 0.173. The molecule has 2 rings (SSSR count). The first-order valence-corrected chi connectivity index (χ1v) is 9.86. The van der Waals surface area contributed by atoms with Gasteiger partial charge in [-0.05, 0) is 51.9 Å². The zero-order valence-corrected chi connectivity index (χ0v) is 14.3. The summed E-state index contributed by atoms with van der Waals surface area (Å²) in [5, 5.41) is 2.96. The zero-order valence-electron chi connectivity index (χ0n) is 13.5. The van der Waals surface area contributed by atoms with E-state index in [0.29, 0.717) is 0 Å². The average molecular weight is 315 g/mol. The van der Waals surface area contributed by atoms with E-state index in [9.17, 15) is 13.2 Å². The van der Waals surface area contributed by atoms with Gasteiger partial charge in [0.05, 0.1) is 4.75 Å². The van der Waals surface area contributed by atoms with E-state index >= 15 is 0 Å². The number of hydrogen-bond donors (Lipinski definition) is 1. The van der Waals surface area contributed by atoms with Crippen molar-refractivity contribution in [1.29, 1.82) is 0 Å². The topological polar surface area (TPSA) is 63.2 Å². The number of sulfone groups is 1. The van der Waals surface area contributed by atoms with Gasteiger partial charge in [0.1, 0.15) is 5.75 Å². The molecule has 0 aliphatic heterocycles. The average Bonchev–Trinajstić information content (AvgIpc) is 2.36. The summed E-state index contributed by atoms with van der Waals surface area (Å²) >= 11 is 0. The summed E-state index contributed by atoms with van der Waals surface area (Å²) in [6.07, 6.45) is 8.49. The van der Waals surface area contributed by atoms with Crippen molar-refractivity contribution in [2.24, 2.45) is 11.8 Å². The lowest BCUT2D eigenvalue weighted by molar-refractivity contribution is -0.119. The van der Waals surface area contributed by atoms with E-state index < -0.39 is 14.6 Å². The highest BCUT2D eigenvalue weighted by atomic mass is 32.2. The number of nitrogens with one attached hydrogen (secondary N) is 1. The molecule has 21 heavy (non-hydrogen) atoms. The summed E-state index contributed by atoms with van der Waals surface area (Å²) in [5.74, 6) is 0.854. The van der Waals surface area contributed by atoms with Crippen LogP contribution in [-0.2, 0) is 14.6 Å². The van der Waals surface area contributed by atoms with Crippen LogP contribution in [0.25, 0.3) is 0 Å². The first-order valence-electron chi connectivity index (χ1n) is 8.21. The van der Waals surface area contributed by atoms with Crippen LogP contribution >= 0.6 is 0 Å². The molecule has 0 radical (unpaired) electrons. The molecule has 5 heteroatoms. The lowest BCUT2D eigenvalue weighted by Crippen LogP contribution is -2.45. The van der Waals surface area contributed by atoms with Gasteiger partial charge in [-0.3, -0.25) is 4.79 Å². The Kier molecular flexibility index (Phi) is 5.01. The van der Waals surface area contributed by atoms with Crippen molar-refractivity contribution in [2.75, 3.05) is 5.75 Å². The van der Waals surface area contributed by atoms with Gasteiger partial charge < -0.3 is 5.32 Å². The molecule has 2 aliphatic rings. The number of rotatable bonds is 3. The van der Waals surface area contributed by atoms with Gasteiger partial charge in [-0.15, -0.1) is 0 Å². The Morgan fingerprint density at radius 3 is 2.29 bits per heavy atom. The summed E-state index contributed by atoms with van der Waals surface area (Å²) in [4.78, 5) is 12.0. The summed E-state index contributed by atoms with van der Waals surface area (Å²) < 4.78 is 23.3. The minimum atomic E-state index is -3.38. The molecule has 2 saturated carbocycles. The molecule has 2 aliphatic carbocycles. The maximum Gasteiger partial charge on any atom is 0.235 e. The molecule has 3 atom stereocenters. The number of carbonyl (C=O) groups is 1. The molecule has 0 aromatic rings. The van der Waals surface area contributed by atoms with Gasteiger partial charge in [-0.25, -0.2) is 8.42 Å². The summed E-state index contributed by atoms with van der Waals surface area (Å²) in [5.41, 5.74) is 0. The van der Waals surface area contributed by atoms with Crippen LogP contribution in [0.2, 0.25) is 0 Å². The van der Waals surface area contributed by atoms with E-state index in [0.717, 1.165) is 24.7 Å². The lowest BCUT2D eigenvalue weighted by atomic mass is 9.69. The molecule has 0 saturated heterocycles. The second-order valence-electron chi connectivity index (χ2n) is 7.75. The number of fused-ring (bicyclic) bond motifs is 1. The smallest absolute Gasteiger partial charge is 0.235 e. The van der Waals surface area contributed by atoms with Gasteiger partial charge in [0.15, 0.2) is 9.84 Å². The van der Waals surface area contributed by atoms with Crippen molar-refractivity contribution in [2.45, 2.75) is 76.5 Å². The fraction of sp³-hybridized carbons (Fsp3) is 0.938. The quantitative estimate of drug-likeness (QED) is 0.871. The Morgan fingerprint density at radius 2 is 1.67 bits per heavy atom. The molecule has 122 valence electrons.